The van der Waals surface area contributed by atoms with Gasteiger partial charge in [0.15, 0.2) is 5.78 Å². The van der Waals surface area contributed by atoms with Crippen LogP contribution in [0.3, 0.4) is 0 Å². The Morgan fingerprint density at radius 3 is 1.91 bits per heavy atom. The summed E-state index contributed by atoms with van der Waals surface area (Å²) in [6.07, 6.45) is -0.752. The largest absolute Gasteiger partial charge is 0.389 e. The Kier molecular flexibility index (Phi) is 7.89. The molecule has 5 nitrogen and oxygen atoms in total. The summed E-state index contributed by atoms with van der Waals surface area (Å²) in [5.74, 6) is 0.0874. The molecule has 1 aliphatic heterocycles. The summed E-state index contributed by atoms with van der Waals surface area (Å²) < 4.78 is 6.22. The fourth-order valence-electron chi connectivity index (χ4n) is 4.29. The van der Waals surface area contributed by atoms with Crippen molar-refractivity contribution in [2.24, 2.45) is 0 Å². The highest BCUT2D eigenvalue weighted by atomic mass is 16.5. The third kappa shape index (κ3) is 6.29. The molecule has 5 heteroatoms. The van der Waals surface area contributed by atoms with Crippen molar-refractivity contribution >= 4 is 11.5 Å². The number of hydrogen-bond acceptors (Lipinski definition) is 5. The first-order valence-corrected chi connectivity index (χ1v) is 11.6. The second-order valence-corrected chi connectivity index (χ2v) is 8.58. The van der Waals surface area contributed by atoms with E-state index in [4.69, 9.17) is 4.74 Å². The lowest BCUT2D eigenvalue weighted by molar-refractivity contribution is -0.00893. The lowest BCUT2D eigenvalue weighted by atomic mass is 10.0. The molecular formula is C28H32N2O3. The summed E-state index contributed by atoms with van der Waals surface area (Å²) in [5.41, 5.74) is 4.04. The standard InChI is InChI=1S/C28H32N2O3/c1-22(31)23-12-14-26(15-13-23)30-18-16-29(17-19-30)20-27(32)21-33-28(24-8-4-2-5-9-24)25-10-6-3-7-11-25/h2-15,27-28,32H,16-21H2,1H3/t27-/m0/s1. The molecule has 0 bridgehead atoms. The van der Waals surface area contributed by atoms with Crippen LogP contribution in [0.4, 0.5) is 5.69 Å². The fraction of sp³-hybridized carbons (Fsp3) is 0.321. The number of anilines is 1. The van der Waals surface area contributed by atoms with Gasteiger partial charge in [0.2, 0.25) is 0 Å². The number of hydrogen-bond donors (Lipinski definition) is 1. The maximum Gasteiger partial charge on any atom is 0.159 e. The van der Waals surface area contributed by atoms with Crippen LogP contribution in [0.15, 0.2) is 84.9 Å². The van der Waals surface area contributed by atoms with Gasteiger partial charge in [-0.05, 0) is 42.3 Å². The van der Waals surface area contributed by atoms with Gasteiger partial charge in [0, 0.05) is 44.0 Å². The first kappa shape index (κ1) is 23.2. The normalized spacial score (nSPS) is 15.5. The summed E-state index contributed by atoms with van der Waals surface area (Å²) in [7, 11) is 0. The molecule has 1 atom stereocenters. The summed E-state index contributed by atoms with van der Waals surface area (Å²) in [5, 5.41) is 10.7. The number of carbonyl (C=O) groups excluding carboxylic acids is 1. The zero-order chi connectivity index (χ0) is 23.0. The summed E-state index contributed by atoms with van der Waals surface area (Å²) in [6.45, 7) is 6.01. The van der Waals surface area contributed by atoms with Gasteiger partial charge in [0.25, 0.3) is 0 Å². The van der Waals surface area contributed by atoms with E-state index < -0.39 is 6.10 Å². The van der Waals surface area contributed by atoms with Crippen molar-refractivity contribution in [3.05, 3.63) is 102 Å². The number of Topliss-reactive ketones (excluding diaryl/α,β-unsaturated/α-hetero) is 1. The molecule has 0 amide bonds. The van der Waals surface area contributed by atoms with Gasteiger partial charge in [-0.2, -0.15) is 0 Å². The van der Waals surface area contributed by atoms with Crippen LogP contribution in [0.1, 0.15) is 34.5 Å². The average Bonchev–Trinajstić information content (AvgIpc) is 2.86. The molecular weight excluding hydrogens is 412 g/mol. The third-order valence-electron chi connectivity index (χ3n) is 6.14. The zero-order valence-electron chi connectivity index (χ0n) is 19.1. The van der Waals surface area contributed by atoms with Gasteiger partial charge in [-0.1, -0.05) is 60.7 Å². The highest BCUT2D eigenvalue weighted by molar-refractivity contribution is 5.94. The number of aliphatic hydroxyl groups excluding tert-OH is 1. The van der Waals surface area contributed by atoms with Gasteiger partial charge < -0.3 is 14.7 Å². The highest BCUT2D eigenvalue weighted by Crippen LogP contribution is 2.26. The first-order chi connectivity index (χ1) is 16.1. The molecule has 0 radical (unpaired) electrons. The van der Waals surface area contributed by atoms with E-state index in [-0.39, 0.29) is 18.5 Å². The number of ether oxygens (including phenoxy) is 1. The lowest BCUT2D eigenvalue weighted by Gasteiger charge is -2.37. The van der Waals surface area contributed by atoms with Crippen molar-refractivity contribution in [3.8, 4) is 0 Å². The van der Waals surface area contributed by atoms with Crippen LogP contribution in [0, 0.1) is 0 Å². The fourth-order valence-corrected chi connectivity index (χ4v) is 4.29. The Morgan fingerprint density at radius 2 is 1.39 bits per heavy atom. The number of ketones is 1. The van der Waals surface area contributed by atoms with E-state index in [2.05, 4.69) is 34.1 Å². The van der Waals surface area contributed by atoms with Crippen molar-refractivity contribution in [2.75, 3.05) is 44.2 Å². The quantitative estimate of drug-likeness (QED) is 0.502. The third-order valence-corrected chi connectivity index (χ3v) is 6.14. The number of β-amino-alcohol motifs (C(OH)–C–C–N with tert-alkyl or cyclic N) is 1. The molecule has 1 aliphatic rings. The molecule has 1 heterocycles. The molecule has 0 aromatic heterocycles. The predicted octanol–water partition coefficient (Wildman–Crippen LogP) is 4.18. The minimum Gasteiger partial charge on any atom is -0.389 e. The first-order valence-electron chi connectivity index (χ1n) is 11.6. The molecule has 0 unspecified atom stereocenters. The van der Waals surface area contributed by atoms with Gasteiger partial charge in [0.1, 0.15) is 6.10 Å². The van der Waals surface area contributed by atoms with Crippen LogP contribution in [0.2, 0.25) is 0 Å². The number of nitrogens with zero attached hydrogens (tertiary/aromatic N) is 2. The zero-order valence-corrected chi connectivity index (χ0v) is 19.1. The van der Waals surface area contributed by atoms with E-state index in [1.165, 1.54) is 0 Å². The Labute approximate surface area is 196 Å². The van der Waals surface area contributed by atoms with Crippen LogP contribution < -0.4 is 4.90 Å². The number of aliphatic hydroxyl groups is 1. The van der Waals surface area contributed by atoms with Gasteiger partial charge in [0.05, 0.1) is 12.7 Å². The average molecular weight is 445 g/mol. The highest BCUT2D eigenvalue weighted by Gasteiger charge is 2.21. The van der Waals surface area contributed by atoms with E-state index in [9.17, 15) is 9.90 Å². The van der Waals surface area contributed by atoms with Crippen molar-refractivity contribution in [1.82, 2.24) is 4.90 Å². The molecule has 1 N–H and O–H groups in total. The predicted molar refractivity (Wildman–Crippen MR) is 132 cm³/mol. The van der Waals surface area contributed by atoms with E-state index in [0.717, 1.165) is 48.6 Å². The summed E-state index contributed by atoms with van der Waals surface area (Å²) >= 11 is 0. The maximum atomic E-state index is 11.5. The van der Waals surface area contributed by atoms with Crippen LogP contribution >= 0.6 is 0 Å². The molecule has 0 saturated carbocycles. The van der Waals surface area contributed by atoms with Crippen LogP contribution in [0.25, 0.3) is 0 Å². The van der Waals surface area contributed by atoms with Crippen LogP contribution in [-0.4, -0.2) is 61.2 Å². The second kappa shape index (κ2) is 11.2. The maximum absolute atomic E-state index is 11.5. The Morgan fingerprint density at radius 1 is 0.848 bits per heavy atom. The van der Waals surface area contributed by atoms with E-state index in [1.54, 1.807) is 6.92 Å². The van der Waals surface area contributed by atoms with Crippen molar-refractivity contribution < 1.29 is 14.6 Å². The van der Waals surface area contributed by atoms with Gasteiger partial charge in [-0.25, -0.2) is 0 Å². The number of benzene rings is 3. The SMILES string of the molecule is CC(=O)c1ccc(N2CCN(C[C@H](O)COC(c3ccccc3)c3ccccc3)CC2)cc1. The minimum absolute atomic E-state index is 0.0874. The number of rotatable bonds is 9. The minimum atomic E-state index is -0.554. The number of piperazine rings is 1. The topological polar surface area (TPSA) is 53.0 Å². The molecule has 0 aliphatic carbocycles. The molecule has 0 spiro atoms. The molecule has 172 valence electrons. The summed E-state index contributed by atoms with van der Waals surface area (Å²) in [6, 6.07) is 28.1. The number of carbonyl (C=O) groups is 1. The van der Waals surface area contributed by atoms with Gasteiger partial charge in [-0.3, -0.25) is 9.69 Å². The Hall–Kier alpha value is -2.99. The second-order valence-electron chi connectivity index (χ2n) is 8.58. The van der Waals surface area contributed by atoms with Gasteiger partial charge >= 0.3 is 0 Å². The van der Waals surface area contributed by atoms with E-state index in [1.807, 2.05) is 60.7 Å². The summed E-state index contributed by atoms with van der Waals surface area (Å²) in [4.78, 5) is 16.1. The van der Waals surface area contributed by atoms with Crippen LogP contribution in [0.5, 0.6) is 0 Å². The van der Waals surface area contributed by atoms with Crippen molar-refractivity contribution in [3.63, 3.8) is 0 Å². The Balaban J connectivity index is 1.28. The molecule has 4 rings (SSSR count). The smallest absolute Gasteiger partial charge is 0.159 e. The van der Waals surface area contributed by atoms with Crippen LogP contribution in [-0.2, 0) is 4.74 Å². The lowest BCUT2D eigenvalue weighted by Crippen LogP contribution is -2.49. The van der Waals surface area contributed by atoms with E-state index >= 15 is 0 Å². The van der Waals surface area contributed by atoms with E-state index in [0.29, 0.717) is 6.54 Å². The van der Waals surface area contributed by atoms with Gasteiger partial charge in [-0.15, -0.1) is 0 Å². The molecule has 1 fully saturated rings. The van der Waals surface area contributed by atoms with Crippen molar-refractivity contribution in [2.45, 2.75) is 19.1 Å². The molecule has 1 saturated heterocycles. The van der Waals surface area contributed by atoms with Crippen molar-refractivity contribution in [1.29, 1.82) is 0 Å². The monoisotopic (exact) mass is 444 g/mol. The Bertz CT molecular complexity index is 961. The molecule has 33 heavy (non-hydrogen) atoms. The molecule has 3 aromatic rings. The molecule has 3 aromatic carbocycles.